The summed E-state index contributed by atoms with van der Waals surface area (Å²) in [4.78, 5) is 15.7. The summed E-state index contributed by atoms with van der Waals surface area (Å²) in [5.41, 5.74) is 1.15. The van der Waals surface area contributed by atoms with E-state index in [1.165, 1.54) is 0 Å². The van der Waals surface area contributed by atoms with Gasteiger partial charge in [-0.15, -0.1) is 0 Å². The van der Waals surface area contributed by atoms with Crippen LogP contribution in [-0.4, -0.2) is 26.0 Å². The fourth-order valence-electron chi connectivity index (χ4n) is 1.67. The van der Waals surface area contributed by atoms with Crippen molar-refractivity contribution in [1.29, 1.82) is 0 Å². The number of nitrogens with zero attached hydrogens (tertiary/aromatic N) is 1. The topological polar surface area (TPSA) is 59.9 Å². The Morgan fingerprint density at radius 2 is 2.06 bits per heavy atom. The molecule has 0 fully saturated rings. The third-order valence-corrected chi connectivity index (χ3v) is 2.55. The first-order chi connectivity index (χ1) is 8.63. The van der Waals surface area contributed by atoms with E-state index in [1.54, 1.807) is 39.4 Å². The van der Waals surface area contributed by atoms with Crippen molar-refractivity contribution in [3.63, 3.8) is 0 Å². The van der Waals surface area contributed by atoms with Crippen molar-refractivity contribution in [1.82, 2.24) is 5.32 Å². The first-order valence-electron chi connectivity index (χ1n) is 5.44. The first kappa shape index (κ1) is 12.2. The number of amidine groups is 1. The zero-order chi connectivity index (χ0) is 13.1. The summed E-state index contributed by atoms with van der Waals surface area (Å²) in [5.74, 6) is 1.73. The number of nitrogens with one attached hydrogen (secondary N) is 1. The monoisotopic (exact) mass is 246 g/mol. The number of amides is 1. The van der Waals surface area contributed by atoms with Gasteiger partial charge in [-0.2, -0.15) is 0 Å². The Kier molecular flexibility index (Phi) is 3.32. The van der Waals surface area contributed by atoms with Crippen molar-refractivity contribution in [2.45, 2.75) is 6.92 Å². The van der Waals surface area contributed by atoms with Gasteiger partial charge in [0, 0.05) is 11.6 Å². The molecule has 1 aromatic rings. The number of carbonyl (C=O) groups excluding carboxylic acids is 1. The van der Waals surface area contributed by atoms with Crippen LogP contribution in [-0.2, 0) is 4.79 Å². The van der Waals surface area contributed by atoms with E-state index < -0.39 is 0 Å². The van der Waals surface area contributed by atoms with Gasteiger partial charge in [-0.25, -0.2) is 4.99 Å². The van der Waals surface area contributed by atoms with E-state index in [4.69, 9.17) is 9.47 Å². The molecule has 1 aliphatic rings. The second-order valence-corrected chi connectivity index (χ2v) is 3.79. The zero-order valence-corrected chi connectivity index (χ0v) is 10.5. The Bertz CT molecular complexity index is 547. The van der Waals surface area contributed by atoms with Crippen LogP contribution in [0, 0.1) is 0 Å². The van der Waals surface area contributed by atoms with Crippen molar-refractivity contribution < 1.29 is 14.3 Å². The van der Waals surface area contributed by atoms with Crippen molar-refractivity contribution in [2.75, 3.05) is 14.2 Å². The summed E-state index contributed by atoms with van der Waals surface area (Å²) in [7, 11) is 3.16. The molecule has 18 heavy (non-hydrogen) atoms. The maximum absolute atomic E-state index is 11.6. The van der Waals surface area contributed by atoms with Crippen LogP contribution in [0.5, 0.6) is 11.5 Å². The molecule has 0 aliphatic carbocycles. The molecule has 1 aliphatic heterocycles. The van der Waals surface area contributed by atoms with E-state index in [9.17, 15) is 4.79 Å². The van der Waals surface area contributed by atoms with E-state index >= 15 is 0 Å². The lowest BCUT2D eigenvalue weighted by atomic mass is 10.1. The van der Waals surface area contributed by atoms with Crippen LogP contribution in [0.3, 0.4) is 0 Å². The van der Waals surface area contributed by atoms with Gasteiger partial charge in [0.05, 0.1) is 14.2 Å². The fourth-order valence-corrected chi connectivity index (χ4v) is 1.67. The molecule has 1 amide bonds. The number of hydrogen-bond donors (Lipinski definition) is 1. The van der Waals surface area contributed by atoms with Crippen LogP contribution in [0.25, 0.3) is 6.08 Å². The Morgan fingerprint density at radius 1 is 1.28 bits per heavy atom. The van der Waals surface area contributed by atoms with E-state index in [0.717, 1.165) is 5.56 Å². The lowest BCUT2D eigenvalue weighted by Gasteiger charge is -2.07. The van der Waals surface area contributed by atoms with Gasteiger partial charge in [0.1, 0.15) is 23.0 Å². The third kappa shape index (κ3) is 2.34. The maximum atomic E-state index is 11.6. The highest BCUT2D eigenvalue weighted by Gasteiger charge is 2.17. The first-order valence-corrected chi connectivity index (χ1v) is 5.44. The van der Waals surface area contributed by atoms with Gasteiger partial charge < -0.3 is 14.8 Å². The SMILES string of the molecule is COc1ccc(/C=C2/N=C(C)NC2=O)c(OC)c1. The van der Waals surface area contributed by atoms with Gasteiger partial charge in [-0.3, -0.25) is 4.79 Å². The van der Waals surface area contributed by atoms with Gasteiger partial charge in [0.25, 0.3) is 5.91 Å². The van der Waals surface area contributed by atoms with Crippen LogP contribution >= 0.6 is 0 Å². The summed E-state index contributed by atoms with van der Waals surface area (Å²) in [6.45, 7) is 1.74. The average Bonchev–Trinajstić information content (AvgIpc) is 2.68. The van der Waals surface area contributed by atoms with Crippen LogP contribution < -0.4 is 14.8 Å². The minimum Gasteiger partial charge on any atom is -0.497 e. The van der Waals surface area contributed by atoms with E-state index in [2.05, 4.69) is 10.3 Å². The normalized spacial score (nSPS) is 16.5. The molecule has 0 radical (unpaired) electrons. The van der Waals surface area contributed by atoms with E-state index in [1.807, 2.05) is 6.07 Å². The molecule has 0 unspecified atom stereocenters. The molecule has 0 aromatic heterocycles. The number of benzene rings is 1. The highest BCUT2D eigenvalue weighted by molar-refractivity contribution is 6.13. The quantitative estimate of drug-likeness (QED) is 0.824. The number of methoxy groups -OCH3 is 2. The van der Waals surface area contributed by atoms with E-state index in [-0.39, 0.29) is 5.91 Å². The molecule has 0 saturated carbocycles. The summed E-state index contributed by atoms with van der Waals surface area (Å²) >= 11 is 0. The molecule has 1 heterocycles. The van der Waals surface area contributed by atoms with Gasteiger partial charge in [-0.05, 0) is 25.1 Å². The number of hydrogen-bond acceptors (Lipinski definition) is 4. The van der Waals surface area contributed by atoms with Crippen molar-refractivity contribution in [3.8, 4) is 11.5 Å². The highest BCUT2D eigenvalue weighted by Crippen LogP contribution is 2.27. The van der Waals surface area contributed by atoms with Gasteiger partial charge in [0.2, 0.25) is 0 Å². The summed E-state index contributed by atoms with van der Waals surface area (Å²) < 4.78 is 10.4. The Morgan fingerprint density at radius 3 is 2.61 bits per heavy atom. The summed E-state index contributed by atoms with van der Waals surface area (Å²) in [5, 5.41) is 2.62. The maximum Gasteiger partial charge on any atom is 0.275 e. The predicted molar refractivity (Wildman–Crippen MR) is 68.8 cm³/mol. The predicted octanol–water partition coefficient (Wildman–Crippen LogP) is 1.59. The Labute approximate surface area is 105 Å². The van der Waals surface area contributed by atoms with Crippen LogP contribution in [0.1, 0.15) is 12.5 Å². The molecule has 0 atom stereocenters. The van der Waals surface area contributed by atoms with Gasteiger partial charge in [-0.1, -0.05) is 0 Å². The molecule has 5 nitrogen and oxygen atoms in total. The summed E-state index contributed by atoms with van der Waals surface area (Å²) in [6.07, 6.45) is 1.68. The molecule has 1 aromatic carbocycles. The van der Waals surface area contributed by atoms with Crippen LogP contribution in [0.2, 0.25) is 0 Å². The molecular formula is C13H14N2O3. The molecule has 2 rings (SSSR count). The molecular weight excluding hydrogens is 232 g/mol. The van der Waals surface area contributed by atoms with Gasteiger partial charge in [0.15, 0.2) is 0 Å². The molecule has 5 heteroatoms. The number of carbonyl (C=O) groups is 1. The molecule has 0 saturated heterocycles. The average molecular weight is 246 g/mol. The lowest BCUT2D eigenvalue weighted by Crippen LogP contribution is -2.21. The van der Waals surface area contributed by atoms with Crippen LogP contribution in [0.4, 0.5) is 0 Å². The smallest absolute Gasteiger partial charge is 0.275 e. The second-order valence-electron chi connectivity index (χ2n) is 3.79. The Hall–Kier alpha value is -2.30. The highest BCUT2D eigenvalue weighted by atomic mass is 16.5. The molecule has 94 valence electrons. The largest absolute Gasteiger partial charge is 0.497 e. The van der Waals surface area contributed by atoms with Crippen LogP contribution in [0.15, 0.2) is 28.9 Å². The second kappa shape index (κ2) is 4.91. The summed E-state index contributed by atoms with van der Waals surface area (Å²) in [6, 6.07) is 5.38. The molecule has 0 spiro atoms. The zero-order valence-electron chi connectivity index (χ0n) is 10.5. The molecule has 1 N–H and O–H groups in total. The fraction of sp³-hybridized carbons (Fsp3) is 0.231. The molecule has 0 bridgehead atoms. The minimum absolute atomic E-state index is 0.203. The minimum atomic E-state index is -0.203. The van der Waals surface area contributed by atoms with Gasteiger partial charge >= 0.3 is 0 Å². The van der Waals surface area contributed by atoms with E-state index in [0.29, 0.717) is 23.0 Å². The lowest BCUT2D eigenvalue weighted by molar-refractivity contribution is -0.115. The number of rotatable bonds is 3. The van der Waals surface area contributed by atoms with Crippen molar-refractivity contribution in [2.24, 2.45) is 4.99 Å². The van der Waals surface area contributed by atoms with Crippen molar-refractivity contribution >= 4 is 17.8 Å². The number of ether oxygens (including phenoxy) is 2. The number of aliphatic imine (C=N–C) groups is 1. The third-order valence-electron chi connectivity index (χ3n) is 2.55. The standard InChI is InChI=1S/C13H14N2O3/c1-8-14-11(13(16)15-8)6-9-4-5-10(17-2)7-12(9)18-3/h4-7H,1-3H3,(H,14,15,16)/b11-6+. The Balaban J connectivity index is 2.40. The van der Waals surface area contributed by atoms with Crippen molar-refractivity contribution in [3.05, 3.63) is 29.5 Å².